The molecule has 16 heavy (non-hydrogen) atoms. The summed E-state index contributed by atoms with van der Waals surface area (Å²) in [5, 5.41) is 10.9. The third-order valence-electron chi connectivity index (χ3n) is 2.11. The van der Waals surface area contributed by atoms with Crippen LogP contribution in [0, 0.1) is 5.41 Å². The van der Waals surface area contributed by atoms with Crippen LogP contribution in [-0.4, -0.2) is 35.4 Å². The fourth-order valence-electron chi connectivity index (χ4n) is 1.34. The molecule has 0 aliphatic rings. The van der Waals surface area contributed by atoms with Gasteiger partial charge < -0.3 is 5.32 Å². The molecule has 2 nitrogen and oxygen atoms in total. The van der Waals surface area contributed by atoms with Crippen molar-refractivity contribution in [2.75, 3.05) is 5.32 Å². The molecule has 0 atom stereocenters. The van der Waals surface area contributed by atoms with Crippen molar-refractivity contribution in [3.05, 3.63) is 66.2 Å². The average molecular weight is 220 g/mol. The van der Waals surface area contributed by atoms with E-state index >= 15 is 0 Å². The molecule has 0 amide bonds. The van der Waals surface area contributed by atoms with Gasteiger partial charge in [0, 0.05) is 11.3 Å². The number of anilines is 1. The normalized spacial score (nSPS) is 9.00. The number of benzene rings is 2. The van der Waals surface area contributed by atoms with E-state index in [1.807, 2.05) is 60.7 Å². The fourth-order valence-corrected chi connectivity index (χ4v) is 1.34. The molecule has 0 aliphatic carbocycles. The Labute approximate surface area is 118 Å². The third kappa shape index (κ3) is 3.49. The van der Waals surface area contributed by atoms with E-state index in [0.29, 0.717) is 5.84 Å². The average Bonchev–Trinajstić information content (AvgIpc) is 2.31. The minimum absolute atomic E-state index is 0. The van der Waals surface area contributed by atoms with Gasteiger partial charge in [-0.2, -0.15) is 0 Å². The number of nitrogens with one attached hydrogen (secondary N) is 2. The zero-order chi connectivity index (χ0) is 10.5. The first kappa shape index (κ1) is 13.0. The maximum atomic E-state index is 7.86. The Bertz CT molecular complexity index is 440. The first-order chi connectivity index (χ1) is 7.36. The Kier molecular flexibility index (Phi) is 5.26. The zero-order valence-corrected chi connectivity index (χ0v) is 8.27. The van der Waals surface area contributed by atoms with Crippen LogP contribution in [0.25, 0.3) is 0 Å². The van der Waals surface area contributed by atoms with E-state index < -0.39 is 0 Å². The van der Waals surface area contributed by atoms with Gasteiger partial charge in [0.05, 0.1) is 0 Å². The quantitative estimate of drug-likeness (QED) is 0.455. The van der Waals surface area contributed by atoms with Crippen molar-refractivity contribution in [3.63, 3.8) is 0 Å². The van der Waals surface area contributed by atoms with Crippen molar-refractivity contribution in [1.29, 1.82) is 5.41 Å². The first-order valence-corrected chi connectivity index (χ1v) is 4.82. The summed E-state index contributed by atoms with van der Waals surface area (Å²) < 4.78 is 0. The summed E-state index contributed by atoms with van der Waals surface area (Å²) >= 11 is 0. The molecule has 0 saturated heterocycles. The second kappa shape index (κ2) is 6.48. The van der Waals surface area contributed by atoms with E-state index in [0.717, 1.165) is 11.3 Å². The number of hydrogen-bond donors (Lipinski definition) is 2. The molecule has 0 fully saturated rings. The van der Waals surface area contributed by atoms with Crippen molar-refractivity contribution in [2.24, 2.45) is 0 Å². The molecule has 2 aromatic rings. The van der Waals surface area contributed by atoms with Gasteiger partial charge in [-0.05, 0) is 12.1 Å². The van der Waals surface area contributed by atoms with Gasteiger partial charge in [-0.25, -0.2) is 0 Å². The second-order valence-electron chi connectivity index (χ2n) is 3.23. The molecular formula is C13H13N2Na. The van der Waals surface area contributed by atoms with Crippen molar-refractivity contribution >= 4 is 41.1 Å². The summed E-state index contributed by atoms with van der Waals surface area (Å²) in [6, 6.07) is 19.4. The second-order valence-corrected chi connectivity index (χ2v) is 3.23. The summed E-state index contributed by atoms with van der Waals surface area (Å²) in [5.74, 6) is 0.418. The number of para-hydroxylation sites is 1. The fraction of sp³-hybridized carbons (Fsp3) is 0. The third-order valence-corrected chi connectivity index (χ3v) is 2.11. The van der Waals surface area contributed by atoms with Crippen LogP contribution in [0.15, 0.2) is 60.7 Å². The van der Waals surface area contributed by atoms with E-state index in [4.69, 9.17) is 5.41 Å². The van der Waals surface area contributed by atoms with Crippen LogP contribution in [0.2, 0.25) is 0 Å². The standard InChI is InChI=1S/C13H12N2.Na.H/c14-13(11-7-3-1-4-8-11)15-12-9-5-2-6-10-12;;/h1-10H,(H2,14,15);;. The Morgan fingerprint density at radius 1 is 0.812 bits per heavy atom. The van der Waals surface area contributed by atoms with Gasteiger partial charge in [-0.1, -0.05) is 48.5 Å². The molecule has 2 rings (SSSR count). The van der Waals surface area contributed by atoms with Gasteiger partial charge in [-0.3, -0.25) is 5.41 Å². The van der Waals surface area contributed by atoms with Gasteiger partial charge in [0.1, 0.15) is 5.84 Å². The van der Waals surface area contributed by atoms with Gasteiger partial charge in [0.15, 0.2) is 0 Å². The zero-order valence-electron chi connectivity index (χ0n) is 8.27. The van der Waals surface area contributed by atoms with Gasteiger partial charge in [0.25, 0.3) is 0 Å². The van der Waals surface area contributed by atoms with Crippen molar-refractivity contribution < 1.29 is 0 Å². The molecule has 2 N–H and O–H groups in total. The van der Waals surface area contributed by atoms with Crippen LogP contribution in [0.3, 0.4) is 0 Å². The Morgan fingerprint density at radius 3 is 1.88 bits per heavy atom. The predicted octanol–water partition coefficient (Wildman–Crippen LogP) is 2.48. The molecule has 0 aromatic heterocycles. The molecule has 0 radical (unpaired) electrons. The first-order valence-electron chi connectivity index (χ1n) is 4.82. The molecule has 0 heterocycles. The molecule has 3 heteroatoms. The van der Waals surface area contributed by atoms with Crippen LogP contribution < -0.4 is 5.32 Å². The Balaban J connectivity index is 0.00000128. The van der Waals surface area contributed by atoms with Gasteiger partial charge in [0.2, 0.25) is 0 Å². The molecule has 0 bridgehead atoms. The van der Waals surface area contributed by atoms with Crippen molar-refractivity contribution in [3.8, 4) is 0 Å². The number of hydrogen-bond acceptors (Lipinski definition) is 1. The van der Waals surface area contributed by atoms with E-state index in [1.165, 1.54) is 0 Å². The van der Waals surface area contributed by atoms with Crippen LogP contribution in [0.5, 0.6) is 0 Å². The topological polar surface area (TPSA) is 35.9 Å². The van der Waals surface area contributed by atoms with E-state index in [2.05, 4.69) is 5.32 Å². The van der Waals surface area contributed by atoms with Crippen molar-refractivity contribution in [1.82, 2.24) is 0 Å². The van der Waals surface area contributed by atoms with E-state index in [9.17, 15) is 0 Å². The maximum absolute atomic E-state index is 7.86. The van der Waals surface area contributed by atoms with Gasteiger partial charge >= 0.3 is 29.6 Å². The van der Waals surface area contributed by atoms with Crippen LogP contribution in [0.1, 0.15) is 5.56 Å². The van der Waals surface area contributed by atoms with Crippen molar-refractivity contribution in [2.45, 2.75) is 0 Å². The number of amidine groups is 1. The van der Waals surface area contributed by atoms with Crippen LogP contribution in [0.4, 0.5) is 5.69 Å². The van der Waals surface area contributed by atoms with Crippen LogP contribution >= 0.6 is 0 Å². The summed E-state index contributed by atoms with van der Waals surface area (Å²) in [5.41, 5.74) is 1.83. The molecular weight excluding hydrogens is 207 g/mol. The predicted molar refractivity (Wildman–Crippen MR) is 70.5 cm³/mol. The monoisotopic (exact) mass is 220 g/mol. The summed E-state index contributed by atoms with van der Waals surface area (Å²) in [7, 11) is 0. The minimum atomic E-state index is 0. The van der Waals surface area contributed by atoms with Crippen LogP contribution in [-0.2, 0) is 0 Å². The molecule has 0 aliphatic heterocycles. The Morgan fingerprint density at radius 2 is 1.31 bits per heavy atom. The molecule has 0 saturated carbocycles. The molecule has 0 unspecified atom stereocenters. The molecule has 2 aromatic carbocycles. The molecule has 76 valence electrons. The summed E-state index contributed by atoms with van der Waals surface area (Å²) in [6.07, 6.45) is 0. The molecule has 0 spiro atoms. The summed E-state index contributed by atoms with van der Waals surface area (Å²) in [4.78, 5) is 0. The van der Waals surface area contributed by atoms with Gasteiger partial charge in [-0.15, -0.1) is 0 Å². The Hall–Kier alpha value is -1.09. The van der Waals surface area contributed by atoms with E-state index in [-0.39, 0.29) is 29.6 Å². The summed E-state index contributed by atoms with van der Waals surface area (Å²) in [6.45, 7) is 0. The SMILES string of the molecule is N=C(Nc1ccccc1)c1ccccc1.[NaH]. The van der Waals surface area contributed by atoms with E-state index in [1.54, 1.807) is 0 Å². The number of rotatable bonds is 2.